The van der Waals surface area contributed by atoms with Crippen LogP contribution in [0.2, 0.25) is 0 Å². The third-order valence-corrected chi connectivity index (χ3v) is 4.83. The molecule has 0 bridgehead atoms. The molecule has 1 aromatic carbocycles. The second-order valence-corrected chi connectivity index (χ2v) is 6.26. The predicted molar refractivity (Wildman–Crippen MR) is 80.3 cm³/mol. The molecular weight excluding hydrogens is 248 g/mol. The van der Waals surface area contributed by atoms with Gasteiger partial charge in [0.2, 0.25) is 0 Å². The zero-order chi connectivity index (χ0) is 13.8. The molecule has 2 heterocycles. The zero-order valence-corrected chi connectivity index (χ0v) is 12.7. The number of rotatable bonds is 4. The lowest BCUT2D eigenvalue weighted by Gasteiger charge is -2.33. The minimum absolute atomic E-state index is 0.322. The van der Waals surface area contributed by atoms with Gasteiger partial charge in [-0.1, -0.05) is 31.2 Å². The molecule has 110 valence electrons. The largest absolute Gasteiger partial charge is 0.367 e. The van der Waals surface area contributed by atoms with E-state index >= 15 is 0 Å². The highest BCUT2D eigenvalue weighted by atomic mass is 16.5. The van der Waals surface area contributed by atoms with Gasteiger partial charge in [-0.3, -0.25) is 0 Å². The van der Waals surface area contributed by atoms with Crippen LogP contribution >= 0.6 is 0 Å². The Balaban J connectivity index is 1.57. The predicted octanol–water partition coefficient (Wildman–Crippen LogP) is -0.506. The number of fused-ring (bicyclic) bond motifs is 1. The molecule has 20 heavy (non-hydrogen) atoms. The summed E-state index contributed by atoms with van der Waals surface area (Å²) in [5.41, 5.74) is 2.94. The first-order valence-electron chi connectivity index (χ1n) is 8.23. The Morgan fingerprint density at radius 3 is 2.65 bits per heavy atom. The van der Waals surface area contributed by atoms with Gasteiger partial charge in [-0.15, -0.1) is 0 Å². The smallest absolute Gasteiger partial charge is 0.132 e. The average Bonchev–Trinajstić information content (AvgIpc) is 2.50. The number of quaternary nitrogens is 2. The van der Waals surface area contributed by atoms with E-state index in [2.05, 4.69) is 31.2 Å². The lowest BCUT2D eigenvalue weighted by molar-refractivity contribution is -1.01. The van der Waals surface area contributed by atoms with E-state index in [0.29, 0.717) is 6.10 Å². The number of hydrogen-bond acceptors (Lipinski definition) is 1. The molecule has 3 rings (SSSR count). The van der Waals surface area contributed by atoms with Gasteiger partial charge in [0.05, 0.1) is 13.2 Å². The number of benzene rings is 1. The van der Waals surface area contributed by atoms with E-state index in [1.54, 1.807) is 9.80 Å². The first kappa shape index (κ1) is 14.1. The van der Waals surface area contributed by atoms with Gasteiger partial charge < -0.3 is 14.5 Å². The Bertz CT molecular complexity index is 427. The van der Waals surface area contributed by atoms with Gasteiger partial charge >= 0.3 is 0 Å². The maximum absolute atomic E-state index is 6.05. The summed E-state index contributed by atoms with van der Waals surface area (Å²) in [5.74, 6) is 0. The summed E-state index contributed by atoms with van der Waals surface area (Å²) >= 11 is 0. The highest BCUT2D eigenvalue weighted by Gasteiger charge is 2.28. The minimum Gasteiger partial charge on any atom is -0.367 e. The molecule has 1 aromatic rings. The van der Waals surface area contributed by atoms with Gasteiger partial charge in [0, 0.05) is 0 Å². The van der Waals surface area contributed by atoms with Crippen molar-refractivity contribution in [3.8, 4) is 0 Å². The van der Waals surface area contributed by atoms with Crippen LogP contribution in [-0.2, 0) is 11.2 Å². The molecule has 1 atom stereocenters. The monoisotopic (exact) mass is 276 g/mol. The summed E-state index contributed by atoms with van der Waals surface area (Å²) < 4.78 is 6.05. The Labute approximate surface area is 122 Å². The molecule has 2 N–H and O–H groups in total. The lowest BCUT2D eigenvalue weighted by Crippen LogP contribution is -3.28. The van der Waals surface area contributed by atoms with E-state index in [4.69, 9.17) is 4.74 Å². The summed E-state index contributed by atoms with van der Waals surface area (Å²) in [4.78, 5) is 3.52. The number of piperazine rings is 1. The standard InChI is InChI=1S/C17H26N2O/c1-2-8-18-9-11-19(12-10-18)14-17-16-6-4-3-5-15(16)7-13-20-17/h3-6,17H,2,7-14H2,1H3/p+2/t17-/m0/s1. The van der Waals surface area contributed by atoms with Crippen molar-refractivity contribution in [1.82, 2.24) is 0 Å². The quantitative estimate of drug-likeness (QED) is 0.758. The molecule has 0 spiro atoms. The van der Waals surface area contributed by atoms with Crippen LogP contribution in [0.4, 0.5) is 0 Å². The minimum atomic E-state index is 0.322. The van der Waals surface area contributed by atoms with E-state index in [0.717, 1.165) is 19.6 Å². The van der Waals surface area contributed by atoms with Crippen molar-refractivity contribution in [3.05, 3.63) is 35.4 Å². The van der Waals surface area contributed by atoms with Crippen LogP contribution in [0.3, 0.4) is 0 Å². The summed E-state index contributed by atoms with van der Waals surface area (Å²) in [6.45, 7) is 10.9. The molecule has 2 aliphatic heterocycles. The fraction of sp³-hybridized carbons (Fsp3) is 0.647. The molecule has 0 saturated carbocycles. The fourth-order valence-corrected chi connectivity index (χ4v) is 3.67. The van der Waals surface area contributed by atoms with Crippen molar-refractivity contribution in [2.45, 2.75) is 25.9 Å². The lowest BCUT2D eigenvalue weighted by atomic mass is 9.97. The Hall–Kier alpha value is -0.900. The summed E-state index contributed by atoms with van der Waals surface area (Å²) in [6, 6.07) is 8.83. The van der Waals surface area contributed by atoms with Crippen LogP contribution < -0.4 is 9.80 Å². The van der Waals surface area contributed by atoms with Crippen molar-refractivity contribution in [2.75, 3.05) is 45.9 Å². The van der Waals surface area contributed by atoms with E-state index in [1.165, 1.54) is 50.3 Å². The maximum atomic E-state index is 6.05. The molecule has 0 amide bonds. The number of hydrogen-bond donors (Lipinski definition) is 2. The van der Waals surface area contributed by atoms with Gasteiger partial charge in [0.15, 0.2) is 0 Å². The number of ether oxygens (including phenoxy) is 1. The Morgan fingerprint density at radius 2 is 1.85 bits per heavy atom. The van der Waals surface area contributed by atoms with Crippen molar-refractivity contribution >= 4 is 0 Å². The number of nitrogens with one attached hydrogen (secondary N) is 2. The fourth-order valence-electron chi connectivity index (χ4n) is 3.67. The first-order valence-corrected chi connectivity index (χ1v) is 8.23. The first-order chi connectivity index (χ1) is 9.86. The van der Waals surface area contributed by atoms with Crippen molar-refractivity contribution in [1.29, 1.82) is 0 Å². The molecular formula is C17H28N2O+2. The van der Waals surface area contributed by atoms with E-state index in [1.807, 2.05) is 0 Å². The summed E-state index contributed by atoms with van der Waals surface area (Å²) in [7, 11) is 0. The third kappa shape index (κ3) is 3.22. The third-order valence-electron chi connectivity index (χ3n) is 4.83. The van der Waals surface area contributed by atoms with Gasteiger partial charge in [-0.25, -0.2) is 0 Å². The van der Waals surface area contributed by atoms with Crippen LogP contribution in [0.1, 0.15) is 30.6 Å². The Morgan fingerprint density at radius 1 is 1.10 bits per heavy atom. The summed E-state index contributed by atoms with van der Waals surface area (Å²) in [5, 5.41) is 0. The average molecular weight is 276 g/mol. The SMILES string of the molecule is CCC[NH+]1CC[NH+](C[C@@H]2OCCc3ccccc32)CC1. The van der Waals surface area contributed by atoms with Crippen LogP contribution in [0.25, 0.3) is 0 Å². The summed E-state index contributed by atoms with van der Waals surface area (Å²) in [6.07, 6.45) is 2.71. The Kier molecular flexibility index (Phi) is 4.71. The van der Waals surface area contributed by atoms with E-state index < -0.39 is 0 Å². The van der Waals surface area contributed by atoms with Crippen LogP contribution in [0.5, 0.6) is 0 Å². The van der Waals surface area contributed by atoms with Crippen molar-refractivity contribution < 1.29 is 14.5 Å². The molecule has 0 radical (unpaired) electrons. The molecule has 3 nitrogen and oxygen atoms in total. The highest BCUT2D eigenvalue weighted by molar-refractivity contribution is 5.30. The van der Waals surface area contributed by atoms with Crippen molar-refractivity contribution in [2.24, 2.45) is 0 Å². The molecule has 0 unspecified atom stereocenters. The van der Waals surface area contributed by atoms with Gasteiger partial charge in [-0.2, -0.15) is 0 Å². The van der Waals surface area contributed by atoms with E-state index in [-0.39, 0.29) is 0 Å². The molecule has 2 aliphatic rings. The van der Waals surface area contributed by atoms with Gasteiger partial charge in [0.25, 0.3) is 0 Å². The van der Waals surface area contributed by atoms with Gasteiger partial charge in [-0.05, 0) is 24.0 Å². The maximum Gasteiger partial charge on any atom is 0.132 e. The second kappa shape index (κ2) is 6.70. The van der Waals surface area contributed by atoms with Crippen LogP contribution in [0, 0.1) is 0 Å². The second-order valence-electron chi connectivity index (χ2n) is 6.26. The highest BCUT2D eigenvalue weighted by Crippen LogP contribution is 2.25. The van der Waals surface area contributed by atoms with Crippen molar-refractivity contribution in [3.63, 3.8) is 0 Å². The normalized spacial score (nSPS) is 29.9. The van der Waals surface area contributed by atoms with Gasteiger partial charge in [0.1, 0.15) is 38.8 Å². The van der Waals surface area contributed by atoms with Crippen LogP contribution in [-0.4, -0.2) is 45.9 Å². The molecule has 0 aromatic heterocycles. The van der Waals surface area contributed by atoms with E-state index in [9.17, 15) is 0 Å². The molecule has 1 fully saturated rings. The zero-order valence-electron chi connectivity index (χ0n) is 12.7. The molecule has 1 saturated heterocycles. The topological polar surface area (TPSA) is 18.1 Å². The van der Waals surface area contributed by atoms with Crippen LogP contribution in [0.15, 0.2) is 24.3 Å². The molecule has 3 heteroatoms. The molecule has 0 aliphatic carbocycles.